The van der Waals surface area contributed by atoms with E-state index in [1.165, 1.54) is 30.3 Å². The quantitative estimate of drug-likeness (QED) is 0.491. The van der Waals surface area contributed by atoms with Crippen LogP contribution in [0, 0.1) is 0 Å². The van der Waals surface area contributed by atoms with Crippen molar-refractivity contribution in [3.05, 3.63) is 94.5 Å². The number of hydrogen-bond acceptors (Lipinski definition) is 3. The average Bonchev–Trinajstić information content (AvgIpc) is 2.76. The first-order valence-electron chi connectivity index (χ1n) is 9.63. The third kappa shape index (κ3) is 6.00. The van der Waals surface area contributed by atoms with Gasteiger partial charge in [0.1, 0.15) is 6.54 Å². The van der Waals surface area contributed by atoms with Crippen molar-refractivity contribution in [2.45, 2.75) is 17.7 Å². The molecule has 0 heterocycles. The van der Waals surface area contributed by atoms with E-state index in [9.17, 15) is 13.2 Å². The Morgan fingerprint density at radius 1 is 0.935 bits per heavy atom. The van der Waals surface area contributed by atoms with Gasteiger partial charge >= 0.3 is 0 Å². The molecule has 162 valence electrons. The maximum Gasteiger partial charge on any atom is 0.264 e. The van der Waals surface area contributed by atoms with Crippen LogP contribution >= 0.6 is 23.2 Å². The highest BCUT2D eigenvalue weighted by atomic mass is 35.5. The van der Waals surface area contributed by atoms with Gasteiger partial charge in [-0.3, -0.25) is 9.10 Å². The van der Waals surface area contributed by atoms with Crippen molar-refractivity contribution < 1.29 is 13.2 Å². The van der Waals surface area contributed by atoms with Crippen LogP contribution in [-0.4, -0.2) is 27.4 Å². The Labute approximate surface area is 192 Å². The third-order valence-corrected chi connectivity index (χ3v) is 7.03. The van der Waals surface area contributed by atoms with Crippen LogP contribution in [0.25, 0.3) is 0 Å². The molecular formula is C23H22Cl2N2O3S. The molecule has 3 aromatic carbocycles. The van der Waals surface area contributed by atoms with Gasteiger partial charge in [0.25, 0.3) is 10.0 Å². The Hall–Kier alpha value is -2.54. The lowest BCUT2D eigenvalue weighted by Gasteiger charge is -2.24. The number of anilines is 1. The summed E-state index contributed by atoms with van der Waals surface area (Å²) in [5.74, 6) is -0.335. The Morgan fingerprint density at radius 2 is 1.61 bits per heavy atom. The molecule has 0 saturated heterocycles. The van der Waals surface area contributed by atoms with Gasteiger partial charge in [-0.1, -0.05) is 66.5 Å². The van der Waals surface area contributed by atoms with Gasteiger partial charge in [-0.2, -0.15) is 0 Å². The summed E-state index contributed by atoms with van der Waals surface area (Å²) in [6, 6.07) is 22.0. The predicted octanol–water partition coefficient (Wildman–Crippen LogP) is 5.11. The van der Waals surface area contributed by atoms with Crippen LogP contribution in [-0.2, 0) is 14.8 Å². The molecule has 3 rings (SSSR count). The minimum absolute atomic E-state index is 0.0299. The topological polar surface area (TPSA) is 66.5 Å². The zero-order valence-electron chi connectivity index (χ0n) is 16.8. The molecule has 1 N–H and O–H groups in total. The standard InChI is InChI=1S/C23H22Cl2N2O3S/c1-17(18-6-3-2-4-7-18)15-26-23(28)16-27(21-9-5-8-20(25)14-21)31(29,30)22-12-10-19(24)11-13-22/h2-14,17H,15-16H2,1H3,(H,26,28). The van der Waals surface area contributed by atoms with Crippen LogP contribution in [0.5, 0.6) is 0 Å². The molecule has 3 aromatic rings. The molecule has 0 bridgehead atoms. The number of amides is 1. The van der Waals surface area contributed by atoms with Gasteiger partial charge in [-0.05, 0) is 53.9 Å². The number of carbonyl (C=O) groups excluding carboxylic acids is 1. The lowest BCUT2D eigenvalue weighted by molar-refractivity contribution is -0.119. The molecule has 0 aliphatic rings. The summed E-state index contributed by atoms with van der Waals surface area (Å²) in [5.41, 5.74) is 1.39. The molecule has 0 saturated carbocycles. The minimum atomic E-state index is -4.02. The number of nitrogens with zero attached hydrogens (tertiary/aromatic N) is 1. The zero-order valence-corrected chi connectivity index (χ0v) is 19.2. The van der Waals surface area contributed by atoms with Crippen LogP contribution in [0.15, 0.2) is 83.8 Å². The number of benzene rings is 3. The third-order valence-electron chi connectivity index (χ3n) is 4.76. The highest BCUT2D eigenvalue weighted by Gasteiger charge is 2.27. The van der Waals surface area contributed by atoms with Gasteiger partial charge in [-0.15, -0.1) is 0 Å². The highest BCUT2D eigenvalue weighted by Crippen LogP contribution is 2.26. The SMILES string of the molecule is CC(CNC(=O)CN(c1cccc(Cl)c1)S(=O)(=O)c1ccc(Cl)cc1)c1ccccc1. The molecule has 5 nitrogen and oxygen atoms in total. The van der Waals surface area contributed by atoms with E-state index in [1.54, 1.807) is 18.2 Å². The van der Waals surface area contributed by atoms with Crippen molar-refractivity contribution in [1.29, 1.82) is 0 Å². The van der Waals surface area contributed by atoms with Gasteiger partial charge in [0.15, 0.2) is 0 Å². The monoisotopic (exact) mass is 476 g/mol. The Bertz CT molecular complexity index is 1140. The molecule has 0 fully saturated rings. The van der Waals surface area contributed by atoms with Crippen LogP contribution in [0.1, 0.15) is 18.4 Å². The molecule has 0 spiro atoms. The minimum Gasteiger partial charge on any atom is -0.354 e. The van der Waals surface area contributed by atoms with Crippen molar-refractivity contribution in [2.75, 3.05) is 17.4 Å². The predicted molar refractivity (Wildman–Crippen MR) is 125 cm³/mol. The van der Waals surface area contributed by atoms with E-state index >= 15 is 0 Å². The van der Waals surface area contributed by atoms with E-state index in [4.69, 9.17) is 23.2 Å². The number of hydrogen-bond donors (Lipinski definition) is 1. The van der Waals surface area contributed by atoms with Gasteiger partial charge in [0, 0.05) is 16.6 Å². The summed E-state index contributed by atoms with van der Waals surface area (Å²) in [6.45, 7) is 1.99. The summed E-state index contributed by atoms with van der Waals surface area (Å²) >= 11 is 12.0. The number of carbonyl (C=O) groups is 1. The second kappa shape index (κ2) is 10.2. The van der Waals surface area contributed by atoms with E-state index in [0.717, 1.165) is 9.87 Å². The molecule has 0 aromatic heterocycles. The van der Waals surface area contributed by atoms with Crippen LogP contribution in [0.3, 0.4) is 0 Å². The molecule has 1 atom stereocenters. The van der Waals surface area contributed by atoms with Crippen molar-refractivity contribution in [1.82, 2.24) is 5.32 Å². The van der Waals surface area contributed by atoms with Gasteiger partial charge in [0.2, 0.25) is 5.91 Å². The fourth-order valence-corrected chi connectivity index (χ4v) is 4.76. The number of halogens is 2. The summed E-state index contributed by atoms with van der Waals surface area (Å²) in [5, 5.41) is 3.61. The molecule has 0 aliphatic carbocycles. The van der Waals surface area contributed by atoms with Gasteiger partial charge < -0.3 is 5.32 Å². The molecule has 8 heteroatoms. The molecule has 0 radical (unpaired) electrons. The molecule has 31 heavy (non-hydrogen) atoms. The maximum atomic E-state index is 13.3. The Kier molecular flexibility index (Phi) is 7.59. The van der Waals surface area contributed by atoms with Crippen molar-refractivity contribution >= 4 is 44.8 Å². The highest BCUT2D eigenvalue weighted by molar-refractivity contribution is 7.92. The van der Waals surface area contributed by atoms with E-state index < -0.39 is 15.9 Å². The largest absolute Gasteiger partial charge is 0.354 e. The number of rotatable bonds is 8. The van der Waals surface area contributed by atoms with Crippen molar-refractivity contribution in [3.63, 3.8) is 0 Å². The summed E-state index contributed by atoms with van der Waals surface area (Å²) in [4.78, 5) is 12.7. The van der Waals surface area contributed by atoms with E-state index in [0.29, 0.717) is 22.3 Å². The fraction of sp³-hybridized carbons (Fsp3) is 0.174. The first kappa shape index (κ1) is 23.1. The Morgan fingerprint density at radius 3 is 2.26 bits per heavy atom. The second-order valence-electron chi connectivity index (χ2n) is 7.06. The molecule has 1 unspecified atom stereocenters. The second-order valence-corrected chi connectivity index (χ2v) is 9.80. The van der Waals surface area contributed by atoms with Gasteiger partial charge in [0.05, 0.1) is 10.6 Å². The number of sulfonamides is 1. The first-order chi connectivity index (χ1) is 14.8. The molecule has 1 amide bonds. The van der Waals surface area contributed by atoms with E-state index in [-0.39, 0.29) is 17.4 Å². The van der Waals surface area contributed by atoms with Crippen LogP contribution in [0.2, 0.25) is 10.0 Å². The summed E-state index contributed by atoms with van der Waals surface area (Å²) in [7, 11) is -4.02. The zero-order chi connectivity index (χ0) is 22.4. The molecular weight excluding hydrogens is 455 g/mol. The maximum absolute atomic E-state index is 13.3. The Balaban J connectivity index is 1.81. The summed E-state index contributed by atoms with van der Waals surface area (Å²) in [6.07, 6.45) is 0. The van der Waals surface area contributed by atoms with Crippen molar-refractivity contribution in [3.8, 4) is 0 Å². The lowest BCUT2D eigenvalue weighted by atomic mass is 10.0. The first-order valence-corrected chi connectivity index (χ1v) is 11.8. The van der Waals surface area contributed by atoms with Crippen molar-refractivity contribution in [2.24, 2.45) is 0 Å². The van der Waals surface area contributed by atoms with Crippen LogP contribution < -0.4 is 9.62 Å². The number of nitrogens with one attached hydrogen (secondary N) is 1. The lowest BCUT2D eigenvalue weighted by Crippen LogP contribution is -2.41. The normalized spacial score (nSPS) is 12.2. The van der Waals surface area contributed by atoms with E-state index in [1.807, 2.05) is 37.3 Å². The molecule has 0 aliphatic heterocycles. The van der Waals surface area contributed by atoms with Gasteiger partial charge in [-0.25, -0.2) is 8.42 Å². The average molecular weight is 477 g/mol. The fourth-order valence-electron chi connectivity index (χ4n) is 3.03. The summed E-state index contributed by atoms with van der Waals surface area (Å²) < 4.78 is 27.7. The smallest absolute Gasteiger partial charge is 0.264 e. The van der Waals surface area contributed by atoms with Crippen LogP contribution in [0.4, 0.5) is 5.69 Å². The van der Waals surface area contributed by atoms with E-state index in [2.05, 4.69) is 5.32 Å².